The highest BCUT2D eigenvalue weighted by Gasteiger charge is 2.02. The second-order valence-electron chi connectivity index (χ2n) is 4.15. The summed E-state index contributed by atoms with van der Waals surface area (Å²) in [5.74, 6) is 1.99. The number of anilines is 2. The number of aromatic nitrogens is 3. The van der Waals surface area contributed by atoms with E-state index in [0.29, 0.717) is 17.6 Å². The van der Waals surface area contributed by atoms with Gasteiger partial charge in [-0.2, -0.15) is 16.8 Å². The topological polar surface area (TPSA) is 161 Å². The molecule has 0 radical (unpaired) electrons. The summed E-state index contributed by atoms with van der Waals surface area (Å²) in [5, 5.41) is 5.49. The first-order valence-electron chi connectivity index (χ1n) is 6.25. The van der Waals surface area contributed by atoms with Crippen LogP contribution in [0.25, 0.3) is 0 Å². The van der Waals surface area contributed by atoms with Crippen LogP contribution in [0, 0.1) is 0 Å². The van der Waals surface area contributed by atoms with E-state index in [0.717, 1.165) is 17.2 Å². The molecule has 2 rings (SSSR count). The van der Waals surface area contributed by atoms with E-state index >= 15 is 0 Å². The Morgan fingerprint density at radius 1 is 1.50 bits per heavy atom. The molecule has 22 heavy (non-hydrogen) atoms. The Morgan fingerprint density at radius 2 is 2.32 bits per heavy atom. The quantitative estimate of drug-likeness (QED) is 0.268. The molecule has 0 aliphatic heterocycles. The monoisotopic (exact) mass is 340 g/mol. The Morgan fingerprint density at radius 3 is 3.05 bits per heavy atom. The van der Waals surface area contributed by atoms with Crippen molar-refractivity contribution < 1.29 is 0 Å². The highest BCUT2D eigenvalue weighted by Crippen LogP contribution is 2.21. The van der Waals surface area contributed by atoms with Crippen LogP contribution in [0.2, 0.25) is 0 Å². The number of thioether (sulfide) groups is 1. The molecular weight excluding hydrogens is 324 g/mol. The molecule has 0 bridgehead atoms. The molecule has 0 fully saturated rings. The van der Waals surface area contributed by atoms with Crippen LogP contribution in [-0.4, -0.2) is 33.2 Å². The fourth-order valence-electron chi connectivity index (χ4n) is 1.44. The molecule has 0 unspecified atom stereocenters. The zero-order valence-corrected chi connectivity index (χ0v) is 13.2. The number of nitrogens with two attached hydrogens (primary N) is 3. The number of nitrogen functional groups attached to an aromatic ring is 1. The summed E-state index contributed by atoms with van der Waals surface area (Å²) in [4.78, 5) is 26.0. The Hall–Kier alpha value is -2.27. The molecule has 0 saturated heterocycles. The van der Waals surface area contributed by atoms with Crippen molar-refractivity contribution in [2.45, 2.75) is 5.75 Å². The third-order valence-corrected chi connectivity index (χ3v) is 4.16. The van der Waals surface area contributed by atoms with Gasteiger partial charge in [-0.25, -0.2) is 9.97 Å². The summed E-state index contributed by atoms with van der Waals surface area (Å²) < 4.78 is 0. The maximum absolute atomic E-state index is 11.3. The molecule has 0 saturated carbocycles. The number of aromatic amines is 1. The Balaban J connectivity index is 1.71. The second-order valence-corrected chi connectivity index (χ2v) is 6.10. The van der Waals surface area contributed by atoms with Crippen LogP contribution < -0.4 is 28.1 Å². The van der Waals surface area contributed by atoms with Gasteiger partial charge in [-0.05, 0) is 0 Å². The second kappa shape index (κ2) is 7.66. The smallest absolute Gasteiger partial charge is 0.275 e. The minimum absolute atomic E-state index is 0.00254. The molecule has 118 valence electrons. The van der Waals surface area contributed by atoms with Gasteiger partial charge in [0.25, 0.3) is 5.56 Å². The maximum Gasteiger partial charge on any atom is 0.275 e. The molecule has 0 atom stereocenters. The average Bonchev–Trinajstić information content (AvgIpc) is 2.89. The van der Waals surface area contributed by atoms with E-state index in [4.69, 9.17) is 17.2 Å². The standard InChI is InChI=1S/C11H16N8OS2/c12-7-3-16-10(18-8(7)20)15-1-2-21-4-6-5-22-11(17-6)19-9(13)14/h3,5H,1-2,4,12H2,(H4,13,14,17,19)(H2,15,16,18,20). The molecule has 11 heteroatoms. The minimum Gasteiger partial charge on any atom is -0.393 e. The van der Waals surface area contributed by atoms with Crippen LogP contribution in [-0.2, 0) is 5.75 Å². The van der Waals surface area contributed by atoms with Crippen molar-refractivity contribution in [2.75, 3.05) is 23.3 Å². The van der Waals surface area contributed by atoms with E-state index in [1.165, 1.54) is 17.5 Å². The van der Waals surface area contributed by atoms with E-state index < -0.39 is 0 Å². The molecule has 0 spiro atoms. The fourth-order valence-corrected chi connectivity index (χ4v) is 3.00. The Labute approximate surface area is 134 Å². The number of hydrogen-bond donors (Lipinski definition) is 5. The molecule has 2 aromatic rings. The van der Waals surface area contributed by atoms with Crippen LogP contribution in [0.3, 0.4) is 0 Å². The maximum atomic E-state index is 11.3. The number of hydrogen-bond acceptors (Lipinski definition) is 8. The summed E-state index contributed by atoms with van der Waals surface area (Å²) >= 11 is 3.08. The van der Waals surface area contributed by atoms with Gasteiger partial charge < -0.3 is 22.5 Å². The molecule has 8 N–H and O–H groups in total. The summed E-state index contributed by atoms with van der Waals surface area (Å²) in [6, 6.07) is 0. The van der Waals surface area contributed by atoms with Crippen molar-refractivity contribution in [1.82, 2.24) is 15.0 Å². The van der Waals surface area contributed by atoms with Crippen LogP contribution in [0.1, 0.15) is 5.69 Å². The third-order valence-electron chi connectivity index (χ3n) is 2.38. The lowest BCUT2D eigenvalue weighted by Gasteiger charge is -2.04. The van der Waals surface area contributed by atoms with Crippen molar-refractivity contribution in [1.29, 1.82) is 0 Å². The predicted molar refractivity (Wildman–Crippen MR) is 91.5 cm³/mol. The number of nitrogens with one attached hydrogen (secondary N) is 2. The van der Waals surface area contributed by atoms with Crippen molar-refractivity contribution in [3.63, 3.8) is 0 Å². The minimum atomic E-state index is -0.347. The molecule has 0 aromatic carbocycles. The van der Waals surface area contributed by atoms with Crippen LogP contribution >= 0.6 is 23.1 Å². The van der Waals surface area contributed by atoms with Gasteiger partial charge in [-0.15, -0.1) is 11.3 Å². The predicted octanol–water partition coefficient (Wildman–Crippen LogP) is 0.0588. The highest BCUT2D eigenvalue weighted by atomic mass is 32.2. The first-order chi connectivity index (χ1) is 10.5. The molecule has 2 heterocycles. The first-order valence-corrected chi connectivity index (χ1v) is 8.28. The summed E-state index contributed by atoms with van der Waals surface area (Å²) in [6.45, 7) is 0.655. The normalized spacial score (nSPS) is 10.4. The molecule has 0 aliphatic rings. The molecule has 0 amide bonds. The van der Waals surface area contributed by atoms with Crippen LogP contribution in [0.4, 0.5) is 16.8 Å². The number of thiazole rings is 1. The average molecular weight is 340 g/mol. The summed E-state index contributed by atoms with van der Waals surface area (Å²) in [7, 11) is 0. The molecule has 2 aromatic heterocycles. The SMILES string of the molecule is NC(N)=Nc1nc(CSCCNc2ncc(N)c(=O)[nH]2)cs1. The van der Waals surface area contributed by atoms with Gasteiger partial charge in [0.2, 0.25) is 11.1 Å². The Kier molecular flexibility index (Phi) is 5.61. The van der Waals surface area contributed by atoms with Crippen molar-refractivity contribution >= 4 is 45.8 Å². The van der Waals surface area contributed by atoms with Crippen molar-refractivity contribution in [2.24, 2.45) is 16.5 Å². The highest BCUT2D eigenvalue weighted by molar-refractivity contribution is 7.98. The van der Waals surface area contributed by atoms with Gasteiger partial charge in [-0.1, -0.05) is 0 Å². The van der Waals surface area contributed by atoms with E-state index in [1.54, 1.807) is 11.8 Å². The molecule has 0 aliphatic carbocycles. The van der Waals surface area contributed by atoms with E-state index in [-0.39, 0.29) is 17.2 Å². The van der Waals surface area contributed by atoms with E-state index in [2.05, 4.69) is 25.3 Å². The number of H-pyrrole nitrogens is 1. The number of guanidine groups is 1. The van der Waals surface area contributed by atoms with Crippen LogP contribution in [0.5, 0.6) is 0 Å². The van der Waals surface area contributed by atoms with Gasteiger partial charge in [0.15, 0.2) is 5.96 Å². The number of rotatable bonds is 7. The van der Waals surface area contributed by atoms with E-state index in [1.807, 2.05) is 5.38 Å². The molecule has 9 nitrogen and oxygen atoms in total. The summed E-state index contributed by atoms with van der Waals surface area (Å²) in [6.07, 6.45) is 1.33. The third kappa shape index (κ3) is 4.93. The Bertz CT molecular complexity index is 706. The zero-order valence-electron chi connectivity index (χ0n) is 11.6. The number of nitrogens with zero attached hydrogens (tertiary/aromatic N) is 3. The zero-order chi connectivity index (χ0) is 15.9. The van der Waals surface area contributed by atoms with Crippen molar-refractivity contribution in [3.8, 4) is 0 Å². The van der Waals surface area contributed by atoms with Gasteiger partial charge in [0.05, 0.1) is 11.9 Å². The first kappa shape index (κ1) is 16.1. The summed E-state index contributed by atoms with van der Waals surface area (Å²) in [5.41, 5.74) is 16.6. The van der Waals surface area contributed by atoms with E-state index in [9.17, 15) is 4.79 Å². The fraction of sp³-hybridized carbons (Fsp3) is 0.273. The largest absolute Gasteiger partial charge is 0.393 e. The van der Waals surface area contributed by atoms with Gasteiger partial charge in [-0.3, -0.25) is 9.78 Å². The lowest BCUT2D eigenvalue weighted by molar-refractivity contribution is 1.07. The van der Waals surface area contributed by atoms with Crippen LogP contribution in [0.15, 0.2) is 21.4 Å². The lowest BCUT2D eigenvalue weighted by Crippen LogP contribution is -2.21. The van der Waals surface area contributed by atoms with Gasteiger partial charge in [0, 0.05) is 23.4 Å². The number of aliphatic imine (C=N–C) groups is 1. The van der Waals surface area contributed by atoms with Crippen molar-refractivity contribution in [3.05, 3.63) is 27.6 Å². The van der Waals surface area contributed by atoms with Gasteiger partial charge in [0.1, 0.15) is 5.69 Å². The lowest BCUT2D eigenvalue weighted by atomic mass is 10.5. The van der Waals surface area contributed by atoms with Gasteiger partial charge >= 0.3 is 0 Å². The molecular formula is C11H16N8OS2.